The summed E-state index contributed by atoms with van der Waals surface area (Å²) >= 11 is 0. The van der Waals surface area contributed by atoms with E-state index in [0.717, 1.165) is 24.3 Å². The predicted molar refractivity (Wildman–Crippen MR) is 95.1 cm³/mol. The van der Waals surface area contributed by atoms with Crippen molar-refractivity contribution in [1.82, 2.24) is 0 Å². The van der Waals surface area contributed by atoms with Gasteiger partial charge in [-0.15, -0.1) is 0 Å². The standard InChI is InChI=1S/C21H26O2/c1-4-8-19(22)14-16(2)13-18-11-12-21(15-17(18)3)23-20-9-6-5-7-10-20/h5-7,9-12,15-16H,4,8,13-14H2,1-3H3. The van der Waals surface area contributed by atoms with Gasteiger partial charge in [0.05, 0.1) is 0 Å². The van der Waals surface area contributed by atoms with Gasteiger partial charge in [0.15, 0.2) is 0 Å². The van der Waals surface area contributed by atoms with Crippen molar-refractivity contribution in [3.63, 3.8) is 0 Å². The van der Waals surface area contributed by atoms with Gasteiger partial charge in [-0.05, 0) is 61.1 Å². The Hall–Kier alpha value is -2.09. The van der Waals surface area contributed by atoms with E-state index < -0.39 is 0 Å². The quantitative estimate of drug-likeness (QED) is 0.623. The first kappa shape index (κ1) is 17.3. The topological polar surface area (TPSA) is 26.3 Å². The molecule has 0 fully saturated rings. The molecule has 1 atom stereocenters. The Morgan fingerprint density at radius 2 is 1.83 bits per heavy atom. The van der Waals surface area contributed by atoms with Gasteiger partial charge in [0.1, 0.15) is 17.3 Å². The fourth-order valence-corrected chi connectivity index (χ4v) is 2.80. The van der Waals surface area contributed by atoms with E-state index in [4.69, 9.17) is 4.74 Å². The molecule has 0 spiro atoms. The Morgan fingerprint density at radius 3 is 2.48 bits per heavy atom. The highest BCUT2D eigenvalue weighted by Crippen LogP contribution is 2.25. The minimum Gasteiger partial charge on any atom is -0.457 e. The summed E-state index contributed by atoms with van der Waals surface area (Å²) in [5.41, 5.74) is 2.51. The third-order valence-corrected chi connectivity index (χ3v) is 3.97. The van der Waals surface area contributed by atoms with Crippen molar-refractivity contribution < 1.29 is 9.53 Å². The lowest BCUT2D eigenvalue weighted by molar-refractivity contribution is -0.119. The second kappa shape index (κ2) is 8.52. The molecule has 0 aliphatic heterocycles. The van der Waals surface area contributed by atoms with Crippen LogP contribution in [0, 0.1) is 12.8 Å². The number of ketones is 1. The first-order valence-corrected chi connectivity index (χ1v) is 8.42. The van der Waals surface area contributed by atoms with Crippen LogP contribution in [0.3, 0.4) is 0 Å². The van der Waals surface area contributed by atoms with E-state index in [0.29, 0.717) is 24.5 Å². The second-order valence-electron chi connectivity index (χ2n) is 6.31. The van der Waals surface area contributed by atoms with Gasteiger partial charge >= 0.3 is 0 Å². The molecule has 0 saturated heterocycles. The fourth-order valence-electron chi connectivity index (χ4n) is 2.80. The maximum Gasteiger partial charge on any atom is 0.133 e. The van der Waals surface area contributed by atoms with Gasteiger partial charge in [-0.1, -0.05) is 38.1 Å². The number of para-hydroxylation sites is 1. The maximum atomic E-state index is 11.8. The molecule has 2 rings (SSSR count). The predicted octanol–water partition coefficient (Wildman–Crippen LogP) is 5.73. The minimum atomic E-state index is 0.377. The molecule has 2 nitrogen and oxygen atoms in total. The summed E-state index contributed by atoms with van der Waals surface area (Å²) in [7, 11) is 0. The molecular weight excluding hydrogens is 284 g/mol. The lowest BCUT2D eigenvalue weighted by atomic mass is 9.92. The summed E-state index contributed by atoms with van der Waals surface area (Å²) in [5, 5.41) is 0. The van der Waals surface area contributed by atoms with Crippen molar-refractivity contribution in [3.05, 3.63) is 59.7 Å². The number of hydrogen-bond acceptors (Lipinski definition) is 2. The van der Waals surface area contributed by atoms with Gasteiger partial charge in [-0.25, -0.2) is 0 Å². The highest BCUT2D eigenvalue weighted by molar-refractivity contribution is 5.78. The molecule has 0 aliphatic carbocycles. The zero-order valence-corrected chi connectivity index (χ0v) is 14.3. The Balaban J connectivity index is 1.97. The molecule has 1 unspecified atom stereocenters. The van der Waals surface area contributed by atoms with E-state index >= 15 is 0 Å². The van der Waals surface area contributed by atoms with Crippen LogP contribution >= 0.6 is 0 Å². The van der Waals surface area contributed by atoms with Crippen molar-refractivity contribution in [1.29, 1.82) is 0 Å². The van der Waals surface area contributed by atoms with E-state index in [1.54, 1.807) is 0 Å². The zero-order chi connectivity index (χ0) is 16.7. The molecular formula is C21H26O2. The molecule has 0 N–H and O–H groups in total. The van der Waals surface area contributed by atoms with Crippen LogP contribution in [0.2, 0.25) is 0 Å². The highest BCUT2D eigenvalue weighted by Gasteiger charge is 2.11. The molecule has 0 bridgehead atoms. The summed E-state index contributed by atoms with van der Waals surface area (Å²) in [6.07, 6.45) is 3.26. The van der Waals surface area contributed by atoms with Crippen LogP contribution in [0.25, 0.3) is 0 Å². The van der Waals surface area contributed by atoms with Crippen LogP contribution in [-0.4, -0.2) is 5.78 Å². The van der Waals surface area contributed by atoms with Gasteiger partial charge < -0.3 is 4.74 Å². The van der Waals surface area contributed by atoms with E-state index in [1.807, 2.05) is 36.4 Å². The second-order valence-corrected chi connectivity index (χ2v) is 6.31. The van der Waals surface area contributed by atoms with Gasteiger partial charge in [0.25, 0.3) is 0 Å². The Labute approximate surface area is 139 Å². The average molecular weight is 310 g/mol. The van der Waals surface area contributed by atoms with Crippen LogP contribution in [-0.2, 0) is 11.2 Å². The van der Waals surface area contributed by atoms with Gasteiger partial charge in [-0.3, -0.25) is 4.79 Å². The number of rotatable bonds is 8. The normalized spacial score (nSPS) is 12.0. The molecule has 23 heavy (non-hydrogen) atoms. The van der Waals surface area contributed by atoms with Crippen molar-refractivity contribution in [2.75, 3.05) is 0 Å². The van der Waals surface area contributed by atoms with Crippen LogP contribution in [0.1, 0.15) is 44.2 Å². The third kappa shape index (κ3) is 5.55. The first-order chi connectivity index (χ1) is 11.1. The minimum absolute atomic E-state index is 0.377. The molecule has 0 amide bonds. The molecule has 2 aromatic rings. The van der Waals surface area contributed by atoms with Crippen LogP contribution in [0.5, 0.6) is 11.5 Å². The number of hydrogen-bond donors (Lipinski definition) is 0. The number of carbonyl (C=O) groups excluding carboxylic acids is 1. The number of carbonyl (C=O) groups is 1. The van der Waals surface area contributed by atoms with Gasteiger partial charge in [0, 0.05) is 12.8 Å². The third-order valence-electron chi connectivity index (χ3n) is 3.97. The maximum absolute atomic E-state index is 11.8. The van der Waals surface area contributed by atoms with Crippen LogP contribution in [0.4, 0.5) is 0 Å². The van der Waals surface area contributed by atoms with Crippen molar-refractivity contribution >= 4 is 5.78 Å². The number of Topliss-reactive ketones (excluding diaryl/α,β-unsaturated/α-hetero) is 1. The Kier molecular flexibility index (Phi) is 6.40. The molecule has 2 heteroatoms. The van der Waals surface area contributed by atoms with Crippen molar-refractivity contribution in [3.8, 4) is 11.5 Å². The molecule has 0 radical (unpaired) electrons. The SMILES string of the molecule is CCCC(=O)CC(C)Cc1ccc(Oc2ccccc2)cc1C. The fraction of sp³-hybridized carbons (Fsp3) is 0.381. The molecule has 2 aromatic carbocycles. The Bertz CT molecular complexity index is 632. The molecule has 122 valence electrons. The number of aryl methyl sites for hydroxylation is 1. The zero-order valence-electron chi connectivity index (χ0n) is 14.3. The average Bonchev–Trinajstić information content (AvgIpc) is 2.51. The van der Waals surface area contributed by atoms with E-state index in [9.17, 15) is 4.79 Å². The molecule has 0 aliphatic rings. The van der Waals surface area contributed by atoms with Crippen molar-refractivity contribution in [2.24, 2.45) is 5.92 Å². The summed E-state index contributed by atoms with van der Waals surface area (Å²) in [5.74, 6) is 2.46. The van der Waals surface area contributed by atoms with E-state index in [2.05, 4.69) is 32.9 Å². The summed E-state index contributed by atoms with van der Waals surface area (Å²) < 4.78 is 5.86. The highest BCUT2D eigenvalue weighted by atomic mass is 16.5. The van der Waals surface area contributed by atoms with Crippen LogP contribution < -0.4 is 4.74 Å². The lowest BCUT2D eigenvalue weighted by Gasteiger charge is -2.14. The molecule has 0 saturated carbocycles. The smallest absolute Gasteiger partial charge is 0.133 e. The van der Waals surface area contributed by atoms with Crippen molar-refractivity contribution in [2.45, 2.75) is 46.5 Å². The summed E-state index contributed by atoms with van der Waals surface area (Å²) in [4.78, 5) is 11.8. The lowest BCUT2D eigenvalue weighted by Crippen LogP contribution is -2.08. The first-order valence-electron chi connectivity index (χ1n) is 8.42. The number of benzene rings is 2. The summed E-state index contributed by atoms with van der Waals surface area (Å²) in [6, 6.07) is 16.0. The van der Waals surface area contributed by atoms with E-state index in [1.165, 1.54) is 11.1 Å². The Morgan fingerprint density at radius 1 is 1.09 bits per heavy atom. The largest absolute Gasteiger partial charge is 0.457 e. The summed E-state index contributed by atoms with van der Waals surface area (Å²) in [6.45, 7) is 6.31. The number of ether oxygens (including phenoxy) is 1. The molecule has 0 aromatic heterocycles. The monoisotopic (exact) mass is 310 g/mol. The van der Waals surface area contributed by atoms with Gasteiger partial charge in [0.2, 0.25) is 0 Å². The van der Waals surface area contributed by atoms with Gasteiger partial charge in [-0.2, -0.15) is 0 Å². The molecule has 0 heterocycles. The van der Waals surface area contributed by atoms with E-state index in [-0.39, 0.29) is 0 Å². The van der Waals surface area contributed by atoms with Crippen LogP contribution in [0.15, 0.2) is 48.5 Å².